The van der Waals surface area contributed by atoms with E-state index in [1.165, 1.54) is 0 Å². The predicted molar refractivity (Wildman–Crippen MR) is 104 cm³/mol. The molecule has 2 amide bonds. The summed E-state index contributed by atoms with van der Waals surface area (Å²) in [5.74, 6) is 0.938. The summed E-state index contributed by atoms with van der Waals surface area (Å²) in [7, 11) is 0. The van der Waals surface area contributed by atoms with Gasteiger partial charge in [0.05, 0.1) is 19.1 Å². The van der Waals surface area contributed by atoms with Gasteiger partial charge in [-0.15, -0.1) is 0 Å². The minimum Gasteiger partial charge on any atom is -0.494 e. The summed E-state index contributed by atoms with van der Waals surface area (Å²) in [5.41, 5.74) is 1.47. The molecule has 1 saturated heterocycles. The average Bonchev–Trinajstić information content (AvgIpc) is 3.06. The molecule has 0 unspecified atom stereocenters. The fourth-order valence-electron chi connectivity index (χ4n) is 3.07. The molecule has 1 aliphatic heterocycles. The summed E-state index contributed by atoms with van der Waals surface area (Å²) in [4.78, 5) is 26.6. The number of hydrogen-bond donors (Lipinski definition) is 1. The molecule has 1 fully saturated rings. The Morgan fingerprint density at radius 2 is 1.56 bits per heavy atom. The van der Waals surface area contributed by atoms with Crippen LogP contribution in [0.4, 0.5) is 11.4 Å². The molecule has 0 aliphatic carbocycles. The van der Waals surface area contributed by atoms with Crippen LogP contribution in [0.25, 0.3) is 0 Å². The Morgan fingerprint density at radius 3 is 2.11 bits per heavy atom. The standard InChI is InChI=1S/C21H24N2O4/c1-3-26-18-9-5-16(6-10-18)22-21(25)15-13-20(24)23(14-15)17-7-11-19(12-8-17)27-4-2/h5-12,15H,3-4,13-14H2,1-2H3,(H,22,25)/t15-/m0/s1. The predicted octanol–water partition coefficient (Wildman–Crippen LogP) is 3.48. The van der Waals surface area contributed by atoms with Gasteiger partial charge >= 0.3 is 0 Å². The second kappa shape index (κ2) is 8.58. The molecule has 0 bridgehead atoms. The van der Waals surface area contributed by atoms with Crippen molar-refractivity contribution in [3.05, 3.63) is 48.5 Å². The molecule has 0 saturated carbocycles. The number of amides is 2. The molecule has 2 aromatic rings. The highest BCUT2D eigenvalue weighted by molar-refractivity contribution is 6.03. The van der Waals surface area contributed by atoms with E-state index >= 15 is 0 Å². The normalized spacial score (nSPS) is 16.3. The molecule has 1 N–H and O–H groups in total. The fraction of sp³-hybridized carbons (Fsp3) is 0.333. The van der Waals surface area contributed by atoms with E-state index < -0.39 is 0 Å². The van der Waals surface area contributed by atoms with E-state index in [1.54, 1.807) is 17.0 Å². The van der Waals surface area contributed by atoms with Gasteiger partial charge in [-0.25, -0.2) is 0 Å². The number of rotatable bonds is 7. The number of anilines is 2. The molecule has 0 radical (unpaired) electrons. The SMILES string of the molecule is CCOc1ccc(NC(=O)[C@H]2CC(=O)N(c3ccc(OCC)cc3)C2)cc1. The topological polar surface area (TPSA) is 67.9 Å². The molecule has 6 heteroatoms. The quantitative estimate of drug-likeness (QED) is 0.812. The van der Waals surface area contributed by atoms with E-state index in [-0.39, 0.29) is 24.2 Å². The minimum absolute atomic E-state index is 0.0500. The number of ether oxygens (including phenoxy) is 2. The van der Waals surface area contributed by atoms with Crippen LogP contribution >= 0.6 is 0 Å². The van der Waals surface area contributed by atoms with E-state index in [1.807, 2.05) is 50.2 Å². The van der Waals surface area contributed by atoms with Gasteiger partial charge in [0.2, 0.25) is 11.8 Å². The molecular formula is C21H24N2O4. The zero-order chi connectivity index (χ0) is 19.2. The van der Waals surface area contributed by atoms with Gasteiger partial charge in [0.25, 0.3) is 0 Å². The van der Waals surface area contributed by atoms with Crippen molar-refractivity contribution < 1.29 is 19.1 Å². The third-order valence-corrected chi connectivity index (χ3v) is 4.39. The number of nitrogens with one attached hydrogen (secondary N) is 1. The average molecular weight is 368 g/mol. The first-order chi connectivity index (χ1) is 13.1. The van der Waals surface area contributed by atoms with Crippen LogP contribution in [-0.4, -0.2) is 31.6 Å². The lowest BCUT2D eigenvalue weighted by Crippen LogP contribution is -2.28. The Bertz CT molecular complexity index is 787. The molecule has 142 valence electrons. The second-order valence-electron chi connectivity index (χ2n) is 6.28. The van der Waals surface area contributed by atoms with Gasteiger partial charge in [-0.05, 0) is 62.4 Å². The molecule has 1 aliphatic rings. The first kappa shape index (κ1) is 18.8. The molecule has 1 heterocycles. The molecule has 2 aromatic carbocycles. The van der Waals surface area contributed by atoms with Crippen molar-refractivity contribution in [2.45, 2.75) is 20.3 Å². The van der Waals surface area contributed by atoms with E-state index in [4.69, 9.17) is 9.47 Å². The lowest BCUT2D eigenvalue weighted by atomic mass is 10.1. The summed E-state index contributed by atoms with van der Waals surface area (Å²) < 4.78 is 10.8. The zero-order valence-electron chi connectivity index (χ0n) is 15.6. The summed E-state index contributed by atoms with van der Waals surface area (Å²) >= 11 is 0. The lowest BCUT2D eigenvalue weighted by molar-refractivity contribution is -0.122. The molecule has 0 aromatic heterocycles. The number of nitrogens with zero attached hydrogens (tertiary/aromatic N) is 1. The fourth-order valence-corrected chi connectivity index (χ4v) is 3.07. The molecule has 6 nitrogen and oxygen atoms in total. The van der Waals surface area contributed by atoms with Gasteiger partial charge in [-0.1, -0.05) is 0 Å². The molecule has 1 atom stereocenters. The van der Waals surface area contributed by atoms with Gasteiger partial charge in [-0.2, -0.15) is 0 Å². The Labute approximate surface area is 159 Å². The van der Waals surface area contributed by atoms with Crippen LogP contribution < -0.4 is 19.7 Å². The van der Waals surface area contributed by atoms with E-state index in [0.29, 0.717) is 25.4 Å². The third kappa shape index (κ3) is 4.58. The van der Waals surface area contributed by atoms with Crippen molar-refractivity contribution in [1.82, 2.24) is 0 Å². The van der Waals surface area contributed by atoms with Crippen molar-refractivity contribution >= 4 is 23.2 Å². The van der Waals surface area contributed by atoms with Crippen molar-refractivity contribution in [2.24, 2.45) is 5.92 Å². The van der Waals surface area contributed by atoms with Crippen LogP contribution in [0.1, 0.15) is 20.3 Å². The van der Waals surface area contributed by atoms with Crippen molar-refractivity contribution in [2.75, 3.05) is 30.0 Å². The summed E-state index contributed by atoms with van der Waals surface area (Å²) in [6, 6.07) is 14.6. The number of carbonyl (C=O) groups excluding carboxylic acids is 2. The summed E-state index contributed by atoms with van der Waals surface area (Å²) in [5, 5.41) is 2.88. The van der Waals surface area contributed by atoms with E-state index in [9.17, 15) is 9.59 Å². The number of hydrogen-bond acceptors (Lipinski definition) is 4. The molecule has 27 heavy (non-hydrogen) atoms. The van der Waals surface area contributed by atoms with Crippen LogP contribution in [0.5, 0.6) is 11.5 Å². The smallest absolute Gasteiger partial charge is 0.229 e. The van der Waals surface area contributed by atoms with Crippen LogP contribution in [0.3, 0.4) is 0 Å². The largest absolute Gasteiger partial charge is 0.494 e. The lowest BCUT2D eigenvalue weighted by Gasteiger charge is -2.17. The Hall–Kier alpha value is -3.02. The molecule has 0 spiro atoms. The van der Waals surface area contributed by atoms with Gasteiger partial charge in [0, 0.05) is 24.3 Å². The van der Waals surface area contributed by atoms with Crippen LogP contribution in [0.2, 0.25) is 0 Å². The van der Waals surface area contributed by atoms with E-state index in [2.05, 4.69) is 5.32 Å². The monoisotopic (exact) mass is 368 g/mol. The minimum atomic E-state index is -0.379. The molecular weight excluding hydrogens is 344 g/mol. The highest BCUT2D eigenvalue weighted by Crippen LogP contribution is 2.28. The maximum absolute atomic E-state index is 12.5. The van der Waals surface area contributed by atoms with Crippen molar-refractivity contribution in [3.63, 3.8) is 0 Å². The van der Waals surface area contributed by atoms with Crippen molar-refractivity contribution in [3.8, 4) is 11.5 Å². The Morgan fingerprint density at radius 1 is 1.00 bits per heavy atom. The first-order valence-electron chi connectivity index (χ1n) is 9.17. The third-order valence-electron chi connectivity index (χ3n) is 4.39. The maximum Gasteiger partial charge on any atom is 0.229 e. The highest BCUT2D eigenvalue weighted by Gasteiger charge is 2.35. The highest BCUT2D eigenvalue weighted by atomic mass is 16.5. The first-order valence-corrected chi connectivity index (χ1v) is 9.17. The van der Waals surface area contributed by atoms with Gasteiger partial charge in [-0.3, -0.25) is 9.59 Å². The van der Waals surface area contributed by atoms with Gasteiger partial charge in [0.1, 0.15) is 11.5 Å². The number of benzene rings is 2. The second-order valence-corrected chi connectivity index (χ2v) is 6.28. The van der Waals surface area contributed by atoms with Crippen LogP contribution in [0.15, 0.2) is 48.5 Å². The van der Waals surface area contributed by atoms with Crippen LogP contribution in [0, 0.1) is 5.92 Å². The van der Waals surface area contributed by atoms with Crippen LogP contribution in [-0.2, 0) is 9.59 Å². The molecule has 3 rings (SSSR count). The van der Waals surface area contributed by atoms with Crippen molar-refractivity contribution in [1.29, 1.82) is 0 Å². The Kier molecular flexibility index (Phi) is 5.96. The Balaban J connectivity index is 1.61. The zero-order valence-corrected chi connectivity index (χ0v) is 15.6. The van der Waals surface area contributed by atoms with E-state index in [0.717, 1.165) is 17.2 Å². The summed E-state index contributed by atoms with van der Waals surface area (Å²) in [6.45, 7) is 5.40. The van der Waals surface area contributed by atoms with Gasteiger partial charge in [0.15, 0.2) is 0 Å². The maximum atomic E-state index is 12.5. The summed E-state index contributed by atoms with van der Waals surface area (Å²) in [6.07, 6.45) is 0.204. The van der Waals surface area contributed by atoms with Gasteiger partial charge < -0.3 is 19.7 Å². The number of carbonyl (C=O) groups is 2.